The quantitative estimate of drug-likeness (QED) is 0.785. The number of rotatable bonds is 5. The van der Waals surface area contributed by atoms with Gasteiger partial charge in [0.25, 0.3) is 0 Å². The molecule has 0 saturated carbocycles. The van der Waals surface area contributed by atoms with Crippen molar-refractivity contribution < 1.29 is 14.1 Å². The lowest BCUT2D eigenvalue weighted by Gasteiger charge is -2.40. The smallest absolute Gasteiger partial charge is 0.223 e. The molecule has 0 spiro atoms. The van der Waals surface area contributed by atoms with Gasteiger partial charge in [0.2, 0.25) is 11.8 Å². The van der Waals surface area contributed by atoms with Gasteiger partial charge >= 0.3 is 0 Å². The van der Waals surface area contributed by atoms with Gasteiger partial charge in [-0.15, -0.1) is 0 Å². The highest BCUT2D eigenvalue weighted by atomic mass is 35.5. The van der Waals surface area contributed by atoms with Crippen molar-refractivity contribution in [3.8, 4) is 0 Å². The van der Waals surface area contributed by atoms with Crippen molar-refractivity contribution >= 4 is 23.4 Å². The van der Waals surface area contributed by atoms with Gasteiger partial charge in [-0.1, -0.05) is 23.7 Å². The summed E-state index contributed by atoms with van der Waals surface area (Å²) in [4.78, 5) is 28.2. The van der Waals surface area contributed by atoms with Gasteiger partial charge < -0.3 is 14.3 Å². The van der Waals surface area contributed by atoms with Gasteiger partial charge in [-0.05, 0) is 37.5 Å². The van der Waals surface area contributed by atoms with Crippen molar-refractivity contribution in [1.29, 1.82) is 0 Å². The number of amides is 2. The Morgan fingerprint density at radius 1 is 1.08 bits per heavy atom. The first kappa shape index (κ1) is 19.2. The molecule has 1 aromatic rings. The highest BCUT2D eigenvalue weighted by Crippen LogP contribution is 2.32. The Morgan fingerprint density at radius 3 is 2.08 bits per heavy atom. The first-order valence-corrected chi connectivity index (χ1v) is 10.1. The molecule has 2 aliphatic heterocycles. The molecule has 7 heteroatoms. The minimum absolute atomic E-state index is 0.180. The molecule has 2 aliphatic rings. The van der Waals surface area contributed by atoms with Crippen LogP contribution in [-0.2, 0) is 16.0 Å². The van der Waals surface area contributed by atoms with Crippen molar-refractivity contribution in [1.82, 2.24) is 15.0 Å². The predicted octanol–water partition coefficient (Wildman–Crippen LogP) is 3.15. The zero-order valence-corrected chi connectivity index (χ0v) is 16.2. The highest BCUT2D eigenvalue weighted by Gasteiger charge is 2.31. The maximum atomic E-state index is 12.4. The Morgan fingerprint density at radius 2 is 1.62 bits per heavy atom. The largest absolute Gasteiger partial charge is 0.360 e. The first-order chi connectivity index (χ1) is 12.6. The number of carbonyl (C=O) groups is 2. The number of hydrogen-bond acceptors (Lipinski definition) is 4. The Balaban J connectivity index is 1.38. The molecule has 0 bridgehead atoms. The summed E-state index contributed by atoms with van der Waals surface area (Å²) < 4.78 is 5.05. The molecule has 2 amide bonds. The van der Waals surface area contributed by atoms with E-state index in [9.17, 15) is 9.59 Å². The standard InChI is InChI=1S/C19H28ClN3O3/c1-2-18(24)22-9-5-14(6-10-22)15-7-11-23(12-8-15)19(25)4-3-16-13-17(20)21-26-16/h13-15H,2-12H2,1H3. The summed E-state index contributed by atoms with van der Waals surface area (Å²) in [6.07, 6.45) is 5.95. The first-order valence-electron chi connectivity index (χ1n) is 9.73. The number of likely N-dealkylation sites (tertiary alicyclic amines) is 2. The van der Waals surface area contributed by atoms with Crippen LogP contribution < -0.4 is 0 Å². The third-order valence-corrected chi connectivity index (χ3v) is 6.05. The van der Waals surface area contributed by atoms with Crippen LogP contribution in [0.2, 0.25) is 5.15 Å². The zero-order valence-electron chi connectivity index (χ0n) is 15.5. The highest BCUT2D eigenvalue weighted by molar-refractivity contribution is 6.29. The van der Waals surface area contributed by atoms with Crippen molar-refractivity contribution in [2.75, 3.05) is 26.2 Å². The van der Waals surface area contributed by atoms with Gasteiger partial charge in [-0.25, -0.2) is 0 Å². The molecule has 26 heavy (non-hydrogen) atoms. The van der Waals surface area contributed by atoms with Crippen LogP contribution >= 0.6 is 11.6 Å². The van der Waals surface area contributed by atoms with Gasteiger partial charge in [0, 0.05) is 51.5 Å². The third-order valence-electron chi connectivity index (χ3n) is 5.87. The molecule has 0 aromatic carbocycles. The second-order valence-corrected chi connectivity index (χ2v) is 7.79. The van der Waals surface area contributed by atoms with Crippen molar-refractivity contribution in [3.05, 3.63) is 17.0 Å². The summed E-state index contributed by atoms with van der Waals surface area (Å²) in [5, 5.41) is 3.96. The summed E-state index contributed by atoms with van der Waals surface area (Å²) in [6.45, 7) is 5.41. The van der Waals surface area contributed by atoms with E-state index in [-0.39, 0.29) is 11.8 Å². The maximum Gasteiger partial charge on any atom is 0.223 e. The van der Waals surface area contributed by atoms with Crippen LogP contribution in [0.15, 0.2) is 10.6 Å². The molecular weight excluding hydrogens is 354 g/mol. The van der Waals surface area contributed by atoms with E-state index in [0.29, 0.717) is 42.0 Å². The van der Waals surface area contributed by atoms with E-state index in [0.717, 1.165) is 51.9 Å². The summed E-state index contributed by atoms with van der Waals surface area (Å²) in [5.74, 6) is 2.50. The molecule has 0 radical (unpaired) electrons. The molecular formula is C19H28ClN3O3. The molecule has 6 nitrogen and oxygen atoms in total. The summed E-state index contributed by atoms with van der Waals surface area (Å²) in [6, 6.07) is 1.66. The van der Waals surface area contributed by atoms with Gasteiger partial charge in [-0.3, -0.25) is 9.59 Å². The van der Waals surface area contributed by atoms with Crippen LogP contribution in [0.5, 0.6) is 0 Å². The normalized spacial score (nSPS) is 19.8. The van der Waals surface area contributed by atoms with E-state index < -0.39 is 0 Å². The van der Waals surface area contributed by atoms with Crippen LogP contribution in [0.3, 0.4) is 0 Å². The Bertz CT molecular complexity index is 617. The van der Waals surface area contributed by atoms with Gasteiger partial charge in [0.05, 0.1) is 0 Å². The topological polar surface area (TPSA) is 66.7 Å². The van der Waals surface area contributed by atoms with E-state index in [1.165, 1.54) is 0 Å². The van der Waals surface area contributed by atoms with E-state index in [4.69, 9.17) is 16.1 Å². The Hall–Kier alpha value is -1.56. The molecule has 1 aromatic heterocycles. The van der Waals surface area contributed by atoms with E-state index in [1.807, 2.05) is 16.7 Å². The second-order valence-electron chi connectivity index (χ2n) is 7.41. The molecule has 3 heterocycles. The number of hydrogen-bond donors (Lipinski definition) is 0. The van der Waals surface area contributed by atoms with Crippen LogP contribution in [0.1, 0.15) is 51.2 Å². The summed E-state index contributed by atoms with van der Waals surface area (Å²) in [7, 11) is 0. The third kappa shape index (κ3) is 4.78. The van der Waals surface area contributed by atoms with Crippen molar-refractivity contribution in [2.45, 2.75) is 51.9 Å². The lowest BCUT2D eigenvalue weighted by molar-refractivity contribution is -0.134. The molecule has 0 unspecified atom stereocenters. The van der Waals surface area contributed by atoms with Gasteiger partial charge in [0.15, 0.2) is 5.15 Å². The van der Waals surface area contributed by atoms with E-state index in [2.05, 4.69) is 5.16 Å². The van der Waals surface area contributed by atoms with Gasteiger partial charge in [0.1, 0.15) is 5.76 Å². The van der Waals surface area contributed by atoms with Crippen LogP contribution in [0.25, 0.3) is 0 Å². The number of aromatic nitrogens is 1. The molecule has 2 fully saturated rings. The fourth-order valence-electron chi connectivity index (χ4n) is 4.26. The van der Waals surface area contributed by atoms with Crippen LogP contribution in [0.4, 0.5) is 0 Å². The maximum absolute atomic E-state index is 12.4. The SMILES string of the molecule is CCC(=O)N1CCC(C2CCN(C(=O)CCc3cc(Cl)no3)CC2)CC1. The number of halogens is 1. The number of piperidine rings is 2. The number of nitrogens with zero attached hydrogens (tertiary/aromatic N) is 3. The average molecular weight is 382 g/mol. The minimum Gasteiger partial charge on any atom is -0.360 e. The summed E-state index contributed by atoms with van der Waals surface area (Å²) >= 11 is 5.73. The number of carbonyl (C=O) groups excluding carboxylic acids is 2. The lowest BCUT2D eigenvalue weighted by atomic mass is 9.78. The van der Waals surface area contributed by atoms with Crippen molar-refractivity contribution in [2.24, 2.45) is 11.8 Å². The summed E-state index contributed by atoms with van der Waals surface area (Å²) in [5.41, 5.74) is 0. The average Bonchev–Trinajstić information content (AvgIpc) is 3.11. The van der Waals surface area contributed by atoms with E-state index in [1.54, 1.807) is 6.07 Å². The van der Waals surface area contributed by atoms with Gasteiger partial charge in [-0.2, -0.15) is 0 Å². The Labute approximate surface area is 159 Å². The lowest BCUT2D eigenvalue weighted by Crippen LogP contribution is -2.44. The van der Waals surface area contributed by atoms with Crippen LogP contribution in [0, 0.1) is 11.8 Å². The van der Waals surface area contributed by atoms with Crippen molar-refractivity contribution in [3.63, 3.8) is 0 Å². The molecule has 144 valence electrons. The predicted molar refractivity (Wildman–Crippen MR) is 98.7 cm³/mol. The minimum atomic E-state index is 0.180. The van der Waals surface area contributed by atoms with Crippen LogP contribution in [-0.4, -0.2) is 52.9 Å². The molecule has 3 rings (SSSR count). The second kappa shape index (κ2) is 8.89. The number of aryl methyl sites for hydroxylation is 1. The molecule has 2 saturated heterocycles. The molecule has 0 aliphatic carbocycles. The fourth-order valence-corrected chi connectivity index (χ4v) is 4.41. The van der Waals surface area contributed by atoms with E-state index >= 15 is 0 Å². The Kier molecular flexibility index (Phi) is 6.57. The molecule has 0 N–H and O–H groups in total. The molecule has 0 atom stereocenters. The fraction of sp³-hybridized carbons (Fsp3) is 0.737. The monoisotopic (exact) mass is 381 g/mol. The zero-order chi connectivity index (χ0) is 18.5.